The van der Waals surface area contributed by atoms with Crippen molar-refractivity contribution in [2.45, 2.75) is 12.6 Å². The maximum absolute atomic E-state index is 13.0. The van der Waals surface area contributed by atoms with Crippen LogP contribution >= 0.6 is 0 Å². The van der Waals surface area contributed by atoms with Crippen molar-refractivity contribution >= 4 is 11.6 Å². The highest BCUT2D eigenvalue weighted by Crippen LogP contribution is 2.24. The van der Waals surface area contributed by atoms with E-state index in [1.165, 1.54) is 0 Å². The van der Waals surface area contributed by atoms with Crippen molar-refractivity contribution < 1.29 is 9.90 Å². The lowest BCUT2D eigenvalue weighted by molar-refractivity contribution is -0.122. The Bertz CT molecular complexity index is 680. The van der Waals surface area contributed by atoms with Gasteiger partial charge in [0.25, 0.3) is 0 Å². The quantitative estimate of drug-likeness (QED) is 0.876. The largest absolute Gasteiger partial charge is 0.392 e. The van der Waals surface area contributed by atoms with Crippen molar-refractivity contribution in [1.29, 1.82) is 0 Å². The summed E-state index contributed by atoms with van der Waals surface area (Å²) in [7, 11) is 2.11. The normalized spacial score (nSPS) is 17.2. The molecule has 1 atom stereocenters. The summed E-state index contributed by atoms with van der Waals surface area (Å²) in [4.78, 5) is 17.6. The zero-order valence-corrected chi connectivity index (χ0v) is 14.6. The van der Waals surface area contributed by atoms with Crippen molar-refractivity contribution in [3.05, 3.63) is 65.7 Å². The van der Waals surface area contributed by atoms with E-state index in [4.69, 9.17) is 5.11 Å². The number of rotatable bonds is 5. The molecule has 25 heavy (non-hydrogen) atoms. The first-order chi connectivity index (χ1) is 12.2. The Morgan fingerprint density at radius 1 is 1.04 bits per heavy atom. The Hall–Kier alpha value is -2.21. The minimum absolute atomic E-state index is 0.00215. The second-order valence-corrected chi connectivity index (χ2v) is 6.50. The van der Waals surface area contributed by atoms with Crippen molar-refractivity contribution in [2.24, 2.45) is 0 Å². The van der Waals surface area contributed by atoms with Crippen LogP contribution in [0.5, 0.6) is 0 Å². The third-order valence-electron chi connectivity index (χ3n) is 4.67. The molecule has 0 spiro atoms. The highest BCUT2D eigenvalue weighted by atomic mass is 16.3. The van der Waals surface area contributed by atoms with E-state index in [1.807, 2.05) is 54.6 Å². The summed E-state index contributed by atoms with van der Waals surface area (Å²) in [6.45, 7) is 3.66. The van der Waals surface area contributed by atoms with Gasteiger partial charge >= 0.3 is 0 Å². The van der Waals surface area contributed by atoms with Crippen LogP contribution in [0, 0.1) is 0 Å². The second kappa shape index (κ2) is 8.25. The molecule has 3 rings (SSSR count). The first-order valence-corrected chi connectivity index (χ1v) is 8.65. The predicted octanol–water partition coefficient (Wildman–Crippen LogP) is 2.11. The van der Waals surface area contributed by atoms with Gasteiger partial charge in [-0.05, 0) is 30.3 Å². The van der Waals surface area contributed by atoms with Gasteiger partial charge in [0.2, 0.25) is 5.91 Å². The first-order valence-electron chi connectivity index (χ1n) is 8.65. The minimum atomic E-state index is -0.299. The molecule has 0 aromatic heterocycles. The summed E-state index contributed by atoms with van der Waals surface area (Å²) >= 11 is 0. The van der Waals surface area contributed by atoms with E-state index in [0.717, 1.165) is 43.0 Å². The van der Waals surface area contributed by atoms with Crippen LogP contribution in [-0.2, 0) is 11.4 Å². The molecule has 0 aliphatic carbocycles. The maximum Gasteiger partial charge on any atom is 0.246 e. The number of hydrogen-bond donors (Lipinski definition) is 2. The fourth-order valence-electron chi connectivity index (χ4n) is 3.15. The average Bonchev–Trinajstić information content (AvgIpc) is 2.65. The number of nitrogens with zero attached hydrogens (tertiary/aromatic N) is 2. The number of carbonyl (C=O) groups is 1. The Kier molecular flexibility index (Phi) is 5.81. The summed E-state index contributed by atoms with van der Waals surface area (Å²) in [6, 6.07) is 16.9. The standard InChI is InChI=1S/C20H25N3O2/c1-22-11-13-23(14-12-22)19(17-5-3-2-4-6-17)20(25)21-18-9-7-16(15-24)8-10-18/h2-10,19,24H,11-15H2,1H3,(H,21,25). The molecule has 0 radical (unpaired) electrons. The molecule has 1 amide bonds. The Labute approximate surface area is 148 Å². The maximum atomic E-state index is 13.0. The third kappa shape index (κ3) is 4.45. The SMILES string of the molecule is CN1CCN(C(C(=O)Nc2ccc(CO)cc2)c2ccccc2)CC1. The third-order valence-corrected chi connectivity index (χ3v) is 4.67. The molecule has 1 aliphatic rings. The van der Waals surface area contributed by atoms with Crippen LogP contribution in [0.1, 0.15) is 17.2 Å². The summed E-state index contributed by atoms with van der Waals surface area (Å²) in [5.41, 5.74) is 2.59. The molecule has 2 N–H and O–H groups in total. The smallest absolute Gasteiger partial charge is 0.246 e. The number of carbonyl (C=O) groups excluding carboxylic acids is 1. The molecular formula is C20H25N3O2. The van der Waals surface area contributed by atoms with E-state index in [2.05, 4.69) is 22.2 Å². The molecule has 5 nitrogen and oxygen atoms in total. The summed E-state index contributed by atoms with van der Waals surface area (Å²) < 4.78 is 0. The number of hydrogen-bond acceptors (Lipinski definition) is 4. The number of benzene rings is 2. The van der Waals surface area contributed by atoms with Crippen LogP contribution in [0.2, 0.25) is 0 Å². The van der Waals surface area contributed by atoms with E-state index in [-0.39, 0.29) is 18.6 Å². The van der Waals surface area contributed by atoms with Crippen LogP contribution in [0.15, 0.2) is 54.6 Å². The van der Waals surface area contributed by atoms with E-state index in [1.54, 1.807) is 0 Å². The van der Waals surface area contributed by atoms with Gasteiger partial charge < -0.3 is 15.3 Å². The molecule has 2 aromatic carbocycles. The molecule has 1 fully saturated rings. The molecule has 132 valence electrons. The summed E-state index contributed by atoms with van der Waals surface area (Å²) in [5.74, 6) is -0.0208. The molecule has 5 heteroatoms. The fourth-order valence-corrected chi connectivity index (χ4v) is 3.15. The van der Waals surface area contributed by atoms with Gasteiger partial charge in [-0.15, -0.1) is 0 Å². The Morgan fingerprint density at radius 2 is 1.68 bits per heavy atom. The molecule has 0 bridgehead atoms. The molecule has 0 saturated carbocycles. The van der Waals surface area contributed by atoms with Gasteiger partial charge in [-0.3, -0.25) is 9.69 Å². The van der Waals surface area contributed by atoms with Crippen molar-refractivity contribution in [1.82, 2.24) is 9.80 Å². The van der Waals surface area contributed by atoms with Crippen molar-refractivity contribution in [3.8, 4) is 0 Å². The van der Waals surface area contributed by atoms with E-state index < -0.39 is 0 Å². The minimum Gasteiger partial charge on any atom is -0.392 e. The molecule has 2 aromatic rings. The monoisotopic (exact) mass is 339 g/mol. The zero-order chi connectivity index (χ0) is 17.6. The Balaban J connectivity index is 1.79. The number of likely N-dealkylation sites (N-methyl/N-ethyl adjacent to an activating group) is 1. The van der Waals surface area contributed by atoms with Gasteiger partial charge in [0, 0.05) is 31.9 Å². The number of anilines is 1. The van der Waals surface area contributed by atoms with Gasteiger partial charge in [-0.2, -0.15) is 0 Å². The van der Waals surface area contributed by atoms with Gasteiger partial charge in [0.15, 0.2) is 0 Å². The van der Waals surface area contributed by atoms with Crippen LogP contribution in [0.25, 0.3) is 0 Å². The molecular weight excluding hydrogens is 314 g/mol. The number of amides is 1. The molecule has 1 unspecified atom stereocenters. The van der Waals surface area contributed by atoms with Crippen molar-refractivity contribution in [2.75, 3.05) is 38.5 Å². The van der Waals surface area contributed by atoms with E-state index >= 15 is 0 Å². The fraction of sp³-hybridized carbons (Fsp3) is 0.350. The predicted molar refractivity (Wildman–Crippen MR) is 99.2 cm³/mol. The topological polar surface area (TPSA) is 55.8 Å². The average molecular weight is 339 g/mol. The number of aliphatic hydroxyl groups excluding tert-OH is 1. The zero-order valence-electron chi connectivity index (χ0n) is 14.6. The van der Waals surface area contributed by atoms with Gasteiger partial charge in [0.1, 0.15) is 6.04 Å². The van der Waals surface area contributed by atoms with Gasteiger partial charge in [-0.1, -0.05) is 42.5 Å². The lowest BCUT2D eigenvalue weighted by Crippen LogP contribution is -2.48. The van der Waals surface area contributed by atoms with Crippen LogP contribution in [-0.4, -0.2) is 54.0 Å². The van der Waals surface area contributed by atoms with Crippen LogP contribution in [0.4, 0.5) is 5.69 Å². The van der Waals surface area contributed by atoms with Crippen LogP contribution in [0.3, 0.4) is 0 Å². The number of piperazine rings is 1. The highest BCUT2D eigenvalue weighted by molar-refractivity contribution is 5.95. The van der Waals surface area contributed by atoms with Gasteiger partial charge in [-0.25, -0.2) is 0 Å². The lowest BCUT2D eigenvalue weighted by Gasteiger charge is -2.37. The molecule has 1 heterocycles. The van der Waals surface area contributed by atoms with E-state index in [0.29, 0.717) is 0 Å². The van der Waals surface area contributed by atoms with Crippen LogP contribution < -0.4 is 5.32 Å². The summed E-state index contributed by atoms with van der Waals surface area (Å²) in [6.07, 6.45) is 0. The van der Waals surface area contributed by atoms with Crippen molar-refractivity contribution in [3.63, 3.8) is 0 Å². The number of nitrogens with one attached hydrogen (secondary N) is 1. The van der Waals surface area contributed by atoms with E-state index in [9.17, 15) is 4.79 Å². The second-order valence-electron chi connectivity index (χ2n) is 6.50. The molecule has 1 saturated heterocycles. The summed E-state index contributed by atoms with van der Waals surface area (Å²) in [5, 5.41) is 12.2. The van der Waals surface area contributed by atoms with Gasteiger partial charge in [0.05, 0.1) is 6.61 Å². The Morgan fingerprint density at radius 3 is 2.28 bits per heavy atom. The molecule has 1 aliphatic heterocycles. The highest BCUT2D eigenvalue weighted by Gasteiger charge is 2.29. The lowest BCUT2D eigenvalue weighted by atomic mass is 10.0. The first kappa shape index (κ1) is 17.6. The number of aliphatic hydroxyl groups is 1.